The molecule has 0 aliphatic carbocycles. The van der Waals surface area contributed by atoms with E-state index in [1.807, 2.05) is 19.0 Å². The van der Waals surface area contributed by atoms with E-state index in [1.54, 1.807) is 13.0 Å². The maximum atomic E-state index is 12.2. The number of aryl methyl sites for hydroxylation is 1. The smallest absolute Gasteiger partial charge is 0.273 e. The third kappa shape index (κ3) is 4.79. The Balaban J connectivity index is 1.87. The lowest BCUT2D eigenvalue weighted by molar-refractivity contribution is -0.385. The molecule has 0 bridgehead atoms. The number of amides is 1. The van der Waals surface area contributed by atoms with Crippen LogP contribution >= 0.6 is 0 Å². The van der Waals surface area contributed by atoms with Crippen LogP contribution in [0.4, 0.5) is 11.4 Å². The van der Waals surface area contributed by atoms with Gasteiger partial charge in [0.2, 0.25) is 0 Å². The molecule has 6 nitrogen and oxygen atoms in total. The number of anilines is 1. The number of rotatable bonds is 7. The molecule has 2 aromatic rings. The zero-order chi connectivity index (χ0) is 18.4. The van der Waals surface area contributed by atoms with Crippen molar-refractivity contribution in [2.75, 3.05) is 25.5 Å². The fourth-order valence-corrected chi connectivity index (χ4v) is 2.62. The monoisotopic (exact) mass is 341 g/mol. The van der Waals surface area contributed by atoms with Crippen LogP contribution in [0, 0.1) is 17.0 Å². The SMILES string of the molecule is Cc1c(C(=O)NCCCc2ccc(N(C)C)cc2)cccc1[N+](=O)[O-]. The van der Waals surface area contributed by atoms with E-state index in [9.17, 15) is 14.9 Å². The standard InChI is InChI=1S/C19H23N3O3/c1-14-17(7-4-8-18(14)22(24)25)19(23)20-13-5-6-15-9-11-16(12-10-15)21(2)3/h4,7-12H,5-6,13H2,1-3H3,(H,20,23). The number of nitrogens with zero attached hydrogens (tertiary/aromatic N) is 2. The lowest BCUT2D eigenvalue weighted by Crippen LogP contribution is -2.25. The third-order valence-electron chi connectivity index (χ3n) is 4.13. The van der Waals surface area contributed by atoms with Crippen LogP contribution in [-0.2, 0) is 6.42 Å². The van der Waals surface area contributed by atoms with Gasteiger partial charge in [-0.2, -0.15) is 0 Å². The van der Waals surface area contributed by atoms with E-state index in [2.05, 4.69) is 29.6 Å². The summed E-state index contributed by atoms with van der Waals surface area (Å²) in [6.07, 6.45) is 1.67. The Morgan fingerprint density at radius 2 is 1.84 bits per heavy atom. The highest BCUT2D eigenvalue weighted by Gasteiger charge is 2.17. The molecule has 0 unspecified atom stereocenters. The number of carbonyl (C=O) groups excluding carboxylic acids is 1. The summed E-state index contributed by atoms with van der Waals surface area (Å²) in [4.78, 5) is 24.8. The lowest BCUT2D eigenvalue weighted by atomic mass is 10.1. The normalized spacial score (nSPS) is 10.4. The first kappa shape index (κ1) is 18.4. The first-order chi connectivity index (χ1) is 11.9. The summed E-state index contributed by atoms with van der Waals surface area (Å²) in [5, 5.41) is 13.8. The molecule has 1 amide bonds. The van der Waals surface area contributed by atoms with Crippen LogP contribution in [0.15, 0.2) is 42.5 Å². The van der Waals surface area contributed by atoms with Gasteiger partial charge in [0.15, 0.2) is 0 Å². The Morgan fingerprint density at radius 1 is 1.16 bits per heavy atom. The molecule has 0 aromatic heterocycles. The topological polar surface area (TPSA) is 75.5 Å². The summed E-state index contributed by atoms with van der Waals surface area (Å²) >= 11 is 0. The van der Waals surface area contributed by atoms with Crippen molar-refractivity contribution < 1.29 is 9.72 Å². The molecule has 0 aliphatic rings. The van der Waals surface area contributed by atoms with Gasteiger partial charge in [0.25, 0.3) is 11.6 Å². The Morgan fingerprint density at radius 3 is 2.44 bits per heavy atom. The van der Waals surface area contributed by atoms with Crippen LogP contribution in [-0.4, -0.2) is 31.5 Å². The highest BCUT2D eigenvalue weighted by Crippen LogP contribution is 2.21. The first-order valence-corrected chi connectivity index (χ1v) is 8.18. The van der Waals surface area contributed by atoms with Gasteiger partial charge in [0.1, 0.15) is 0 Å². The Labute approximate surface area is 147 Å². The minimum Gasteiger partial charge on any atom is -0.378 e. The van der Waals surface area contributed by atoms with E-state index in [1.165, 1.54) is 17.7 Å². The van der Waals surface area contributed by atoms with Crippen molar-refractivity contribution >= 4 is 17.3 Å². The maximum Gasteiger partial charge on any atom is 0.273 e. The summed E-state index contributed by atoms with van der Waals surface area (Å²) in [6.45, 7) is 2.12. The zero-order valence-corrected chi connectivity index (χ0v) is 14.8. The molecule has 1 N–H and O–H groups in total. The third-order valence-corrected chi connectivity index (χ3v) is 4.13. The Kier molecular flexibility index (Phi) is 6.11. The van der Waals surface area contributed by atoms with Crippen molar-refractivity contribution in [3.63, 3.8) is 0 Å². The molecular formula is C19H23N3O3. The second-order valence-corrected chi connectivity index (χ2v) is 6.13. The van der Waals surface area contributed by atoms with Gasteiger partial charge in [0, 0.05) is 43.5 Å². The quantitative estimate of drug-likeness (QED) is 0.476. The van der Waals surface area contributed by atoms with Gasteiger partial charge in [-0.3, -0.25) is 14.9 Å². The number of carbonyl (C=O) groups is 1. The van der Waals surface area contributed by atoms with Gasteiger partial charge in [-0.1, -0.05) is 18.2 Å². The molecule has 0 aliphatic heterocycles. The van der Waals surface area contributed by atoms with Gasteiger partial charge >= 0.3 is 0 Å². The van der Waals surface area contributed by atoms with Crippen LogP contribution in [0.1, 0.15) is 27.9 Å². The Bertz CT molecular complexity index is 755. The van der Waals surface area contributed by atoms with Crippen LogP contribution in [0.25, 0.3) is 0 Å². The fraction of sp³-hybridized carbons (Fsp3) is 0.316. The first-order valence-electron chi connectivity index (χ1n) is 8.18. The number of hydrogen-bond donors (Lipinski definition) is 1. The van der Waals surface area contributed by atoms with E-state index in [4.69, 9.17) is 0 Å². The number of benzene rings is 2. The largest absolute Gasteiger partial charge is 0.378 e. The van der Waals surface area contributed by atoms with Crippen molar-refractivity contribution in [3.8, 4) is 0 Å². The molecule has 0 saturated carbocycles. The highest BCUT2D eigenvalue weighted by atomic mass is 16.6. The molecule has 0 spiro atoms. The average Bonchev–Trinajstić information content (AvgIpc) is 2.58. The predicted molar refractivity (Wildman–Crippen MR) is 99.3 cm³/mol. The van der Waals surface area contributed by atoms with E-state index < -0.39 is 4.92 Å². The van der Waals surface area contributed by atoms with Crippen LogP contribution in [0.2, 0.25) is 0 Å². The van der Waals surface area contributed by atoms with Crippen molar-refractivity contribution in [1.29, 1.82) is 0 Å². The van der Waals surface area contributed by atoms with Crippen molar-refractivity contribution in [3.05, 3.63) is 69.3 Å². The van der Waals surface area contributed by atoms with Gasteiger partial charge < -0.3 is 10.2 Å². The molecule has 0 heterocycles. The van der Waals surface area contributed by atoms with Crippen LogP contribution < -0.4 is 10.2 Å². The van der Waals surface area contributed by atoms with E-state index in [0.29, 0.717) is 17.7 Å². The number of nitrogens with one attached hydrogen (secondary N) is 1. The molecule has 0 radical (unpaired) electrons. The molecule has 25 heavy (non-hydrogen) atoms. The van der Waals surface area contributed by atoms with Crippen LogP contribution in [0.5, 0.6) is 0 Å². The van der Waals surface area contributed by atoms with E-state index >= 15 is 0 Å². The molecule has 2 aromatic carbocycles. The van der Waals surface area contributed by atoms with E-state index in [-0.39, 0.29) is 11.6 Å². The average molecular weight is 341 g/mol. The van der Waals surface area contributed by atoms with Gasteiger partial charge in [-0.15, -0.1) is 0 Å². The van der Waals surface area contributed by atoms with Gasteiger partial charge in [0.05, 0.1) is 4.92 Å². The minimum absolute atomic E-state index is 0.0337. The number of hydrogen-bond acceptors (Lipinski definition) is 4. The summed E-state index contributed by atoms with van der Waals surface area (Å²) in [5.74, 6) is -0.274. The summed E-state index contributed by atoms with van der Waals surface area (Å²) < 4.78 is 0. The number of nitro benzene ring substituents is 1. The molecule has 2 rings (SSSR count). The molecule has 0 atom stereocenters. The second-order valence-electron chi connectivity index (χ2n) is 6.13. The molecule has 0 fully saturated rings. The summed E-state index contributed by atoms with van der Waals surface area (Å²) in [6, 6.07) is 12.9. The maximum absolute atomic E-state index is 12.2. The Hall–Kier alpha value is -2.89. The zero-order valence-electron chi connectivity index (χ0n) is 14.8. The predicted octanol–water partition coefficient (Wildman–Crippen LogP) is 3.33. The lowest BCUT2D eigenvalue weighted by Gasteiger charge is -2.12. The summed E-state index contributed by atoms with van der Waals surface area (Å²) in [5.41, 5.74) is 3.08. The highest BCUT2D eigenvalue weighted by molar-refractivity contribution is 5.96. The van der Waals surface area contributed by atoms with Crippen molar-refractivity contribution in [2.24, 2.45) is 0 Å². The molecule has 0 saturated heterocycles. The number of nitro groups is 1. The van der Waals surface area contributed by atoms with E-state index in [0.717, 1.165) is 18.5 Å². The minimum atomic E-state index is -0.469. The summed E-state index contributed by atoms with van der Waals surface area (Å²) in [7, 11) is 4.00. The molecule has 6 heteroatoms. The molecule has 132 valence electrons. The second kappa shape index (κ2) is 8.28. The van der Waals surface area contributed by atoms with Crippen LogP contribution in [0.3, 0.4) is 0 Å². The van der Waals surface area contributed by atoms with Gasteiger partial charge in [-0.25, -0.2) is 0 Å². The van der Waals surface area contributed by atoms with Crippen molar-refractivity contribution in [1.82, 2.24) is 5.32 Å². The molecular weight excluding hydrogens is 318 g/mol. The van der Waals surface area contributed by atoms with Crippen molar-refractivity contribution in [2.45, 2.75) is 19.8 Å². The fourth-order valence-electron chi connectivity index (χ4n) is 2.62. The van der Waals surface area contributed by atoms with Gasteiger partial charge in [-0.05, 0) is 43.5 Å².